The van der Waals surface area contributed by atoms with Gasteiger partial charge in [0.1, 0.15) is 58.7 Å². The Kier molecular flexibility index (Phi) is 19.7. The summed E-state index contributed by atoms with van der Waals surface area (Å²) >= 11 is 0. The summed E-state index contributed by atoms with van der Waals surface area (Å²) in [4.78, 5) is 79.2. The van der Waals surface area contributed by atoms with Crippen molar-refractivity contribution in [2.24, 2.45) is 17.3 Å². The Morgan fingerprint density at radius 1 is 0.736 bits per heavy atom. The molecule has 91 heavy (non-hydrogen) atoms. The van der Waals surface area contributed by atoms with Gasteiger partial charge >= 0.3 is 24.0 Å². The number of amides is 3. The first-order chi connectivity index (χ1) is 42.7. The first-order valence-corrected chi connectivity index (χ1v) is 31.7. The monoisotopic (exact) mass is 1250 g/mol. The second-order valence-corrected chi connectivity index (χ2v) is 28.9. The van der Waals surface area contributed by atoms with Crippen LogP contribution in [0.1, 0.15) is 178 Å². The predicted molar refractivity (Wildman–Crippen MR) is 345 cm³/mol. The Labute approximate surface area is 534 Å². The van der Waals surface area contributed by atoms with Gasteiger partial charge in [-0.25, -0.2) is 39.0 Å². The molecule has 1 unspecified atom stereocenters. The van der Waals surface area contributed by atoms with Crippen LogP contribution in [0.25, 0.3) is 11.2 Å². The lowest BCUT2D eigenvalue weighted by Gasteiger charge is -2.40. The highest BCUT2D eigenvalue weighted by Crippen LogP contribution is 2.48. The van der Waals surface area contributed by atoms with E-state index in [1.54, 1.807) is 86.8 Å². The molecular formula is C69H94N10O12. The number of hydrogen-bond donors (Lipinski definition) is 2. The number of anilines is 2. The van der Waals surface area contributed by atoms with Crippen LogP contribution in [-0.2, 0) is 45.2 Å². The normalized spacial score (nSPS) is 21.6. The van der Waals surface area contributed by atoms with Gasteiger partial charge in [0, 0.05) is 18.3 Å². The number of carbonyl (C=O) groups excluding carboxylic acids is 3. The molecule has 3 aliphatic rings. The standard InChI is InChI=1S/C69H94N10O12/c1-18-49-42(2)35-52(85-49)77-39-44(56(70)74-60(77)80)38-76(61(81)89-65(6,7)8)37-43(29-34-51(64(3,4)5)79(62(82)90-66(9,10)11)63(83)91-67(12,13)14)36-50-54-55(88-68(15,16)87-54)59(86-50)78-41-73-53-57(71-40-72-58(53)78)75-69(45-25-21-19-22-26-45,46-27-23-20-24-28-46)47-30-32-48(84-17)33-31-47/h19-28,30-33,39-43,49-52,54-55,59H,18,29,34-38H2,1-17H3,(H2,70,74,80)(H,71,72,75)/t42-,43?,49+,50+,51-,52+,54+,55+,59+/m0/s1. The van der Waals surface area contributed by atoms with Crippen molar-refractivity contribution in [1.82, 2.24) is 38.9 Å². The zero-order chi connectivity index (χ0) is 66.2. The molecule has 9 atom stereocenters. The van der Waals surface area contributed by atoms with Crippen LogP contribution in [0, 0.1) is 17.3 Å². The minimum absolute atomic E-state index is 0.0271. The molecule has 3 amide bonds. The Morgan fingerprint density at radius 2 is 1.31 bits per heavy atom. The quantitative estimate of drug-likeness (QED) is 0.0565. The molecule has 22 nitrogen and oxygen atoms in total. The highest BCUT2D eigenvalue weighted by molar-refractivity contribution is 5.89. The Balaban J connectivity index is 1.12. The minimum Gasteiger partial charge on any atom is -0.497 e. The lowest BCUT2D eigenvalue weighted by molar-refractivity contribution is -0.198. The third kappa shape index (κ3) is 15.6. The van der Waals surface area contributed by atoms with Gasteiger partial charge in [-0.15, -0.1) is 0 Å². The van der Waals surface area contributed by atoms with E-state index in [0.29, 0.717) is 41.1 Å². The number of nitrogens with two attached hydrogens (primary N) is 1. The lowest BCUT2D eigenvalue weighted by Crippen LogP contribution is -2.53. The third-order valence-corrected chi connectivity index (χ3v) is 16.7. The molecule has 3 saturated heterocycles. The van der Waals surface area contributed by atoms with Crippen LogP contribution in [-0.4, -0.2) is 124 Å². The van der Waals surface area contributed by atoms with Crippen molar-refractivity contribution >= 4 is 41.1 Å². The Hall–Kier alpha value is -7.66. The zero-order valence-corrected chi connectivity index (χ0v) is 56.0. The average Bonchev–Trinajstić information content (AvgIpc) is 1.70. The van der Waals surface area contributed by atoms with Gasteiger partial charge in [-0.05, 0) is 154 Å². The van der Waals surface area contributed by atoms with Gasteiger partial charge in [0.15, 0.2) is 29.0 Å². The maximum atomic E-state index is 14.9. The summed E-state index contributed by atoms with van der Waals surface area (Å²) in [7, 11) is 1.64. The molecule has 22 heteroatoms. The van der Waals surface area contributed by atoms with E-state index in [1.807, 2.05) is 107 Å². The van der Waals surface area contributed by atoms with Gasteiger partial charge in [-0.3, -0.25) is 9.13 Å². The fourth-order valence-electron chi connectivity index (χ4n) is 12.7. The molecule has 3 aliphatic heterocycles. The zero-order valence-electron chi connectivity index (χ0n) is 56.0. The maximum absolute atomic E-state index is 14.9. The van der Waals surface area contributed by atoms with Crippen LogP contribution in [0.5, 0.6) is 5.75 Å². The van der Waals surface area contributed by atoms with E-state index in [9.17, 15) is 19.2 Å². The molecule has 492 valence electrons. The van der Waals surface area contributed by atoms with Gasteiger partial charge in [0.05, 0.1) is 38.2 Å². The number of aromatic nitrogens is 6. The number of methoxy groups -OCH3 is 1. The fourth-order valence-corrected chi connectivity index (χ4v) is 12.7. The van der Waals surface area contributed by atoms with Gasteiger partial charge in [-0.1, -0.05) is 107 Å². The lowest BCUT2D eigenvalue weighted by atomic mass is 9.77. The summed E-state index contributed by atoms with van der Waals surface area (Å²) in [5.41, 5.74) is 5.59. The number of hydrogen-bond acceptors (Lipinski definition) is 18. The van der Waals surface area contributed by atoms with Gasteiger partial charge in [-0.2, -0.15) is 4.98 Å². The summed E-state index contributed by atoms with van der Waals surface area (Å²) in [6.45, 7) is 29.4. The average molecular weight is 1260 g/mol. The van der Waals surface area contributed by atoms with Crippen molar-refractivity contribution in [2.75, 3.05) is 24.7 Å². The van der Waals surface area contributed by atoms with Crippen LogP contribution >= 0.6 is 0 Å². The van der Waals surface area contributed by atoms with Gasteiger partial charge in [0.2, 0.25) is 0 Å². The van der Waals surface area contributed by atoms with E-state index in [2.05, 4.69) is 41.5 Å². The van der Waals surface area contributed by atoms with Gasteiger partial charge < -0.3 is 53.8 Å². The van der Waals surface area contributed by atoms with E-state index >= 15 is 0 Å². The highest BCUT2D eigenvalue weighted by Gasteiger charge is 2.57. The number of ether oxygens (including phenoxy) is 8. The molecular weight excluding hydrogens is 1160 g/mol. The van der Waals surface area contributed by atoms with E-state index < -0.39 is 100 Å². The van der Waals surface area contributed by atoms with E-state index in [-0.39, 0.29) is 43.8 Å². The number of carbonyl (C=O) groups is 3. The largest absolute Gasteiger partial charge is 0.497 e. The van der Waals surface area contributed by atoms with Crippen LogP contribution in [0.4, 0.5) is 26.0 Å². The summed E-state index contributed by atoms with van der Waals surface area (Å²) in [6, 6.07) is 27.5. The smallest absolute Gasteiger partial charge is 0.420 e. The Bertz CT molecular complexity index is 3490. The van der Waals surface area contributed by atoms with Crippen LogP contribution < -0.4 is 21.5 Å². The second-order valence-electron chi connectivity index (χ2n) is 28.9. The van der Waals surface area contributed by atoms with Crippen molar-refractivity contribution in [3.63, 3.8) is 0 Å². The molecule has 9 rings (SSSR count). The van der Waals surface area contributed by atoms with E-state index in [4.69, 9.17) is 58.6 Å². The first-order valence-electron chi connectivity index (χ1n) is 31.7. The maximum Gasteiger partial charge on any atom is 0.420 e. The highest BCUT2D eigenvalue weighted by atomic mass is 16.8. The summed E-state index contributed by atoms with van der Waals surface area (Å²) in [6.07, 6.45) is 0.974. The number of nitrogen functional groups attached to an aromatic ring is 1. The molecule has 3 aromatic heterocycles. The summed E-state index contributed by atoms with van der Waals surface area (Å²) in [5.74, 6) is -0.281. The van der Waals surface area contributed by atoms with Crippen molar-refractivity contribution in [2.45, 2.75) is 220 Å². The number of nitrogens with one attached hydrogen (secondary N) is 1. The predicted octanol–water partition coefficient (Wildman–Crippen LogP) is 12.9. The number of fused-ring (bicyclic) bond motifs is 2. The van der Waals surface area contributed by atoms with Crippen molar-refractivity contribution in [3.05, 3.63) is 137 Å². The fraction of sp³-hybridized carbons (Fsp3) is 0.565. The second kappa shape index (κ2) is 26.5. The SMILES string of the molecule is CC[C@H]1O[C@@H](n2cc(CN(CC(CC[C@H](N(C(=O)OC(C)(C)C)C(=O)OC(C)(C)C)C(C)(C)C)C[C@H]3O[C@@H](n4cnc5c(NC(c6ccccc6)(c6ccccc6)c6ccc(OC)cc6)ncnc54)[C@@H]4OC(C)(C)O[C@@H]43)C(=O)OC(C)(C)C)c(N)nc2=O)C[C@@H]1C. The van der Waals surface area contributed by atoms with E-state index in [0.717, 1.165) is 28.0 Å². The number of benzene rings is 3. The molecule has 0 radical (unpaired) electrons. The molecule has 0 bridgehead atoms. The molecule has 0 aliphatic carbocycles. The molecule has 3 aromatic carbocycles. The summed E-state index contributed by atoms with van der Waals surface area (Å²) in [5, 5.41) is 3.88. The van der Waals surface area contributed by atoms with E-state index in [1.165, 1.54) is 10.9 Å². The van der Waals surface area contributed by atoms with Crippen LogP contribution in [0.3, 0.4) is 0 Å². The number of imide groups is 1. The number of nitrogens with zero attached hydrogens (tertiary/aromatic N) is 8. The van der Waals surface area contributed by atoms with Gasteiger partial charge in [0.25, 0.3) is 0 Å². The van der Waals surface area contributed by atoms with Crippen molar-refractivity contribution in [1.29, 1.82) is 0 Å². The molecule has 0 saturated carbocycles. The molecule has 3 N–H and O–H groups in total. The molecule has 6 heterocycles. The third-order valence-electron chi connectivity index (χ3n) is 16.7. The molecule has 6 aromatic rings. The van der Waals surface area contributed by atoms with Crippen LogP contribution in [0.15, 0.2) is 109 Å². The van der Waals surface area contributed by atoms with Crippen LogP contribution in [0.2, 0.25) is 0 Å². The topological polar surface area (TPSA) is 248 Å². The molecule has 3 fully saturated rings. The number of rotatable bonds is 19. The van der Waals surface area contributed by atoms with Crippen molar-refractivity contribution in [3.8, 4) is 5.75 Å². The Morgan fingerprint density at radius 3 is 1.86 bits per heavy atom. The minimum atomic E-state index is -1.07. The molecule has 0 spiro atoms. The first kappa shape index (κ1) is 67.7. The number of imidazole rings is 1. The summed E-state index contributed by atoms with van der Waals surface area (Å²) < 4.78 is 54.3. The van der Waals surface area contributed by atoms with Crippen molar-refractivity contribution < 1.29 is 52.3 Å².